The summed E-state index contributed by atoms with van der Waals surface area (Å²) >= 11 is 0. The second kappa shape index (κ2) is 13.0. The lowest BCUT2D eigenvalue weighted by Gasteiger charge is -2.53. The zero-order valence-corrected chi connectivity index (χ0v) is 24.7. The number of tetrazole rings is 1. The van der Waals surface area contributed by atoms with Crippen LogP contribution in [-0.2, 0) is 17.5 Å². The molecule has 236 valence electrons. The number of halogens is 3. The summed E-state index contributed by atoms with van der Waals surface area (Å²) in [4.78, 5) is 19.0. The molecule has 1 amide bonds. The molecule has 1 aromatic heterocycles. The van der Waals surface area contributed by atoms with Crippen molar-refractivity contribution in [3.63, 3.8) is 0 Å². The number of hydrogen-bond donors (Lipinski definition) is 1. The highest BCUT2D eigenvalue weighted by atomic mass is 19.4. The van der Waals surface area contributed by atoms with E-state index in [4.69, 9.17) is 4.74 Å². The average molecular weight is 622 g/mol. The lowest BCUT2D eigenvalue weighted by molar-refractivity contribution is -0.146. The van der Waals surface area contributed by atoms with Gasteiger partial charge in [0.15, 0.2) is 0 Å². The number of amides is 1. The van der Waals surface area contributed by atoms with Gasteiger partial charge in [-0.1, -0.05) is 60.7 Å². The van der Waals surface area contributed by atoms with E-state index in [1.165, 1.54) is 24.3 Å². The van der Waals surface area contributed by atoms with Crippen molar-refractivity contribution in [2.45, 2.75) is 30.7 Å². The summed E-state index contributed by atoms with van der Waals surface area (Å²) in [7, 11) is 1.53. The number of ether oxygens (including phenoxy) is 1. The van der Waals surface area contributed by atoms with Crippen molar-refractivity contribution in [2.75, 3.05) is 46.4 Å². The van der Waals surface area contributed by atoms with Crippen LogP contribution in [0.2, 0.25) is 0 Å². The van der Waals surface area contributed by atoms with E-state index in [0.29, 0.717) is 55.3 Å². The van der Waals surface area contributed by atoms with E-state index in [0.717, 1.165) is 0 Å². The Hall–Kier alpha value is -4.33. The van der Waals surface area contributed by atoms with Crippen molar-refractivity contribution >= 4 is 5.91 Å². The number of aromatic nitrogens is 4. The second-order valence-corrected chi connectivity index (χ2v) is 11.4. The highest BCUT2D eigenvalue weighted by Gasteiger charge is 2.43. The molecular weight excluding hydrogens is 587 g/mol. The van der Waals surface area contributed by atoms with Crippen molar-refractivity contribution in [2.24, 2.45) is 0 Å². The van der Waals surface area contributed by atoms with Crippen LogP contribution in [0.4, 0.5) is 13.2 Å². The minimum absolute atomic E-state index is 0.0154. The van der Waals surface area contributed by atoms with Gasteiger partial charge in [-0.15, -0.1) is 5.10 Å². The predicted octanol–water partition coefficient (Wildman–Crippen LogP) is 3.21. The number of carbonyl (C=O) groups is 1. The molecule has 0 aliphatic carbocycles. The highest BCUT2D eigenvalue weighted by Crippen LogP contribution is 2.37. The lowest BCUT2D eigenvalue weighted by atomic mass is 9.81. The number of methoxy groups -OCH3 is 1. The minimum Gasteiger partial charge on any atom is -0.496 e. The molecule has 0 radical (unpaired) electrons. The topological polar surface area (TPSA) is 99.8 Å². The first-order valence-corrected chi connectivity index (χ1v) is 14.8. The molecule has 2 atom stereocenters. The number of fused-ring (bicyclic) bond motifs is 1. The van der Waals surface area contributed by atoms with Gasteiger partial charge in [-0.05, 0) is 39.8 Å². The van der Waals surface area contributed by atoms with E-state index in [1.54, 1.807) is 17.0 Å². The summed E-state index contributed by atoms with van der Waals surface area (Å²) in [5, 5.41) is 19.6. The Kier molecular flexibility index (Phi) is 8.83. The first kappa shape index (κ1) is 30.7. The fraction of sp³-hybridized carbons (Fsp3) is 0.375. The number of alkyl halides is 3. The molecule has 6 rings (SSSR count). The van der Waals surface area contributed by atoms with Crippen LogP contribution in [0.25, 0.3) is 5.69 Å². The summed E-state index contributed by atoms with van der Waals surface area (Å²) in [6, 6.07) is 25.4. The van der Waals surface area contributed by atoms with Gasteiger partial charge in [0, 0.05) is 62.8 Å². The number of hydrogen-bond acceptors (Lipinski definition) is 8. The van der Waals surface area contributed by atoms with Gasteiger partial charge in [0.05, 0.1) is 12.8 Å². The molecule has 13 heteroatoms. The number of rotatable bonds is 8. The lowest BCUT2D eigenvalue weighted by Crippen LogP contribution is -2.67. The Morgan fingerprint density at radius 1 is 0.978 bits per heavy atom. The maximum atomic E-state index is 13.6. The van der Waals surface area contributed by atoms with Crippen LogP contribution in [-0.4, -0.2) is 104 Å². The maximum Gasteiger partial charge on any atom is 0.453 e. The van der Waals surface area contributed by atoms with Crippen molar-refractivity contribution in [1.82, 2.24) is 34.9 Å². The van der Waals surface area contributed by atoms with Crippen molar-refractivity contribution in [1.29, 1.82) is 0 Å². The Morgan fingerprint density at radius 3 is 2.29 bits per heavy atom. The number of aliphatic hydroxyl groups is 1. The van der Waals surface area contributed by atoms with E-state index in [9.17, 15) is 23.1 Å². The third kappa shape index (κ3) is 6.42. The third-order valence-electron chi connectivity index (χ3n) is 8.68. The first-order chi connectivity index (χ1) is 21.8. The van der Waals surface area contributed by atoms with E-state index in [1.807, 2.05) is 36.4 Å². The molecule has 4 aromatic rings. The summed E-state index contributed by atoms with van der Waals surface area (Å²) in [6.07, 6.45) is -4.73. The van der Waals surface area contributed by atoms with Gasteiger partial charge >= 0.3 is 6.18 Å². The molecule has 2 aliphatic rings. The normalized spacial score (nSPS) is 19.5. The Morgan fingerprint density at radius 2 is 1.67 bits per heavy atom. The summed E-state index contributed by atoms with van der Waals surface area (Å²) in [5.74, 6) is -0.969. The largest absolute Gasteiger partial charge is 0.496 e. The number of carbonyl (C=O) groups excluding carboxylic acids is 1. The minimum atomic E-state index is -4.73. The molecule has 2 fully saturated rings. The molecule has 3 heterocycles. The Labute approximate surface area is 258 Å². The van der Waals surface area contributed by atoms with Gasteiger partial charge in [0.25, 0.3) is 5.82 Å². The van der Waals surface area contributed by atoms with Gasteiger partial charge in [-0.25, -0.2) is 0 Å². The SMILES string of the molecule is COc1ccc(-n2nnnc2C(F)(F)F)cc1CN1CC2CN(C(=O)CO)CCN2C(C(c2ccccc2)c2ccccc2)C1. The van der Waals surface area contributed by atoms with Crippen LogP contribution in [0.5, 0.6) is 5.75 Å². The maximum absolute atomic E-state index is 13.6. The Bertz CT molecular complexity index is 1560. The molecule has 2 unspecified atom stereocenters. The molecule has 0 spiro atoms. The molecule has 2 aliphatic heterocycles. The molecule has 1 N–H and O–H groups in total. The number of piperazine rings is 2. The fourth-order valence-electron chi connectivity index (χ4n) is 6.72. The zero-order chi connectivity index (χ0) is 31.6. The quantitative estimate of drug-likeness (QED) is 0.321. The van der Waals surface area contributed by atoms with Gasteiger partial charge in [0.2, 0.25) is 5.91 Å². The molecule has 10 nitrogen and oxygen atoms in total. The first-order valence-electron chi connectivity index (χ1n) is 14.8. The molecule has 0 bridgehead atoms. The molecular formula is C32H34F3N7O3. The summed E-state index contributed by atoms with van der Waals surface area (Å²) in [6.45, 7) is 2.73. The van der Waals surface area contributed by atoms with E-state index >= 15 is 0 Å². The van der Waals surface area contributed by atoms with E-state index in [2.05, 4.69) is 49.6 Å². The molecule has 2 saturated heterocycles. The monoisotopic (exact) mass is 621 g/mol. The van der Waals surface area contributed by atoms with Crippen LogP contribution in [0.3, 0.4) is 0 Å². The van der Waals surface area contributed by atoms with Crippen molar-refractivity contribution < 1.29 is 27.8 Å². The summed E-state index contributed by atoms with van der Waals surface area (Å²) in [5.41, 5.74) is 3.19. The molecule has 45 heavy (non-hydrogen) atoms. The second-order valence-electron chi connectivity index (χ2n) is 11.4. The van der Waals surface area contributed by atoms with Crippen molar-refractivity contribution in [3.8, 4) is 11.4 Å². The van der Waals surface area contributed by atoms with Gasteiger partial charge in [-0.3, -0.25) is 14.6 Å². The third-order valence-corrected chi connectivity index (χ3v) is 8.68. The van der Waals surface area contributed by atoms with Crippen LogP contribution in [0, 0.1) is 0 Å². The van der Waals surface area contributed by atoms with E-state index < -0.39 is 18.6 Å². The van der Waals surface area contributed by atoms with Crippen molar-refractivity contribution in [3.05, 3.63) is 101 Å². The van der Waals surface area contributed by atoms with Crippen LogP contribution < -0.4 is 4.74 Å². The summed E-state index contributed by atoms with van der Waals surface area (Å²) < 4.78 is 47.2. The smallest absolute Gasteiger partial charge is 0.453 e. The fourth-order valence-corrected chi connectivity index (χ4v) is 6.72. The zero-order valence-electron chi connectivity index (χ0n) is 24.7. The van der Waals surface area contributed by atoms with Gasteiger partial charge < -0.3 is 14.7 Å². The number of benzene rings is 3. The van der Waals surface area contributed by atoms with E-state index in [-0.39, 0.29) is 29.6 Å². The average Bonchev–Trinajstić information content (AvgIpc) is 3.57. The number of nitrogens with zero attached hydrogens (tertiary/aromatic N) is 7. The standard InChI is InChI=1S/C32H34F3N7O3/c1-45-28-13-12-25(42-31(32(33,34)35)36-37-38-42)16-24(28)17-39-18-26-19-40(29(44)21-43)14-15-41(26)27(20-39)30(22-8-4-2-5-9-22)23-10-6-3-7-11-23/h2-13,16,26-27,30,43H,14-15,17-21H2,1H3. The van der Waals surface area contributed by atoms with Crippen LogP contribution in [0.15, 0.2) is 78.9 Å². The van der Waals surface area contributed by atoms with Gasteiger partial charge in [0.1, 0.15) is 12.4 Å². The van der Waals surface area contributed by atoms with Crippen LogP contribution >= 0.6 is 0 Å². The Balaban J connectivity index is 1.37. The van der Waals surface area contributed by atoms with Gasteiger partial charge in [-0.2, -0.15) is 17.9 Å². The number of aliphatic hydroxyl groups excluding tert-OH is 1. The molecule has 0 saturated carbocycles. The van der Waals surface area contributed by atoms with Crippen LogP contribution in [0.1, 0.15) is 28.4 Å². The molecule has 3 aromatic carbocycles. The predicted molar refractivity (Wildman–Crippen MR) is 159 cm³/mol. The highest BCUT2D eigenvalue weighted by molar-refractivity contribution is 5.77.